The third-order valence-electron chi connectivity index (χ3n) is 4.12. The summed E-state index contributed by atoms with van der Waals surface area (Å²) in [5.74, 6) is 0.0419. The van der Waals surface area contributed by atoms with Crippen molar-refractivity contribution in [2.75, 3.05) is 13.2 Å². The molecule has 1 amide bonds. The molecule has 6 heteroatoms. The van der Waals surface area contributed by atoms with Gasteiger partial charge in [0.05, 0.1) is 22.4 Å². The van der Waals surface area contributed by atoms with E-state index in [1.807, 2.05) is 25.1 Å². The lowest BCUT2D eigenvalue weighted by atomic mass is 10.2. The minimum absolute atomic E-state index is 0.0419. The van der Waals surface area contributed by atoms with E-state index in [0.717, 1.165) is 42.2 Å². The maximum absolute atomic E-state index is 12.3. The van der Waals surface area contributed by atoms with Crippen LogP contribution in [-0.2, 0) is 16.1 Å². The standard InChI is InChI=1S/C17H23N3O2S/c1-3-20-15-9-5-4-8-14(15)19-17(20)23-12(2)16(21)18-11-13-7-6-10-22-13/h4-5,8-9,12-13H,3,6-7,10-11H2,1-2H3,(H,18,21)/t12-,13+/m0/s1. The average Bonchev–Trinajstić information content (AvgIpc) is 3.19. The molecule has 1 fully saturated rings. The van der Waals surface area contributed by atoms with Crippen molar-refractivity contribution >= 4 is 28.7 Å². The molecule has 1 aromatic carbocycles. The summed E-state index contributed by atoms with van der Waals surface area (Å²) in [6.07, 6.45) is 2.30. The Morgan fingerprint density at radius 1 is 1.52 bits per heavy atom. The lowest BCUT2D eigenvalue weighted by Gasteiger charge is -2.15. The van der Waals surface area contributed by atoms with Crippen molar-refractivity contribution in [1.29, 1.82) is 0 Å². The van der Waals surface area contributed by atoms with Crippen molar-refractivity contribution in [2.45, 2.75) is 49.7 Å². The van der Waals surface area contributed by atoms with E-state index in [9.17, 15) is 4.79 Å². The number of carbonyl (C=O) groups excluding carboxylic acids is 1. The summed E-state index contributed by atoms with van der Waals surface area (Å²) in [4.78, 5) is 17.0. The molecule has 0 aliphatic carbocycles. The minimum Gasteiger partial charge on any atom is -0.376 e. The van der Waals surface area contributed by atoms with Gasteiger partial charge in [0.2, 0.25) is 5.91 Å². The van der Waals surface area contributed by atoms with Crippen LogP contribution in [0.3, 0.4) is 0 Å². The summed E-state index contributed by atoms with van der Waals surface area (Å²) in [6.45, 7) is 6.28. The van der Waals surface area contributed by atoms with Crippen molar-refractivity contribution in [2.24, 2.45) is 0 Å². The van der Waals surface area contributed by atoms with Crippen LogP contribution in [0.2, 0.25) is 0 Å². The van der Waals surface area contributed by atoms with E-state index < -0.39 is 0 Å². The number of hydrogen-bond acceptors (Lipinski definition) is 4. The van der Waals surface area contributed by atoms with Crippen molar-refractivity contribution in [3.05, 3.63) is 24.3 Å². The highest BCUT2D eigenvalue weighted by Crippen LogP contribution is 2.27. The molecule has 2 aromatic rings. The van der Waals surface area contributed by atoms with Gasteiger partial charge in [0, 0.05) is 19.7 Å². The number of aryl methyl sites for hydroxylation is 1. The summed E-state index contributed by atoms with van der Waals surface area (Å²) in [5, 5.41) is 3.71. The Morgan fingerprint density at radius 2 is 2.35 bits per heavy atom. The van der Waals surface area contributed by atoms with Gasteiger partial charge >= 0.3 is 0 Å². The number of benzene rings is 1. The number of aromatic nitrogens is 2. The van der Waals surface area contributed by atoms with E-state index in [-0.39, 0.29) is 17.3 Å². The maximum Gasteiger partial charge on any atom is 0.233 e. The number of ether oxygens (including phenoxy) is 1. The second kappa shape index (κ2) is 7.36. The number of carbonyl (C=O) groups is 1. The predicted octanol–water partition coefficient (Wildman–Crippen LogP) is 2.83. The molecule has 0 unspecified atom stereocenters. The second-order valence-corrected chi connectivity index (χ2v) is 7.08. The number of para-hydroxylation sites is 2. The number of amides is 1. The zero-order valence-electron chi connectivity index (χ0n) is 13.6. The highest BCUT2D eigenvalue weighted by atomic mass is 32.2. The minimum atomic E-state index is -0.182. The molecule has 1 saturated heterocycles. The van der Waals surface area contributed by atoms with Crippen LogP contribution < -0.4 is 5.32 Å². The number of imidazole rings is 1. The Hall–Kier alpha value is -1.53. The molecule has 0 radical (unpaired) electrons. The molecule has 0 spiro atoms. The van der Waals surface area contributed by atoms with Crippen LogP contribution in [0.5, 0.6) is 0 Å². The fraction of sp³-hybridized carbons (Fsp3) is 0.529. The first-order valence-electron chi connectivity index (χ1n) is 8.20. The number of nitrogens with one attached hydrogen (secondary N) is 1. The van der Waals surface area contributed by atoms with Gasteiger partial charge in [-0.25, -0.2) is 4.98 Å². The summed E-state index contributed by atoms with van der Waals surface area (Å²) in [5.41, 5.74) is 2.09. The Labute approximate surface area is 140 Å². The highest BCUT2D eigenvalue weighted by molar-refractivity contribution is 8.00. The van der Waals surface area contributed by atoms with Gasteiger partial charge in [-0.3, -0.25) is 4.79 Å². The van der Waals surface area contributed by atoms with E-state index in [2.05, 4.69) is 27.9 Å². The fourth-order valence-electron chi connectivity index (χ4n) is 2.82. The van der Waals surface area contributed by atoms with Gasteiger partial charge in [-0.1, -0.05) is 23.9 Å². The first kappa shape index (κ1) is 16.3. The molecule has 5 nitrogen and oxygen atoms in total. The van der Waals surface area contributed by atoms with E-state index >= 15 is 0 Å². The number of rotatable bonds is 6. The van der Waals surface area contributed by atoms with Crippen LogP contribution in [0.25, 0.3) is 11.0 Å². The van der Waals surface area contributed by atoms with Gasteiger partial charge in [0.1, 0.15) is 0 Å². The molecule has 0 saturated carbocycles. The molecule has 23 heavy (non-hydrogen) atoms. The van der Waals surface area contributed by atoms with Crippen LogP contribution in [0.4, 0.5) is 0 Å². The van der Waals surface area contributed by atoms with Crippen LogP contribution in [0, 0.1) is 0 Å². The lowest BCUT2D eigenvalue weighted by molar-refractivity contribution is -0.120. The predicted molar refractivity (Wildman–Crippen MR) is 92.7 cm³/mol. The molecule has 1 N–H and O–H groups in total. The Morgan fingerprint density at radius 3 is 3.09 bits per heavy atom. The molecule has 3 rings (SSSR count). The molecular formula is C17H23N3O2S. The number of thioether (sulfide) groups is 1. The lowest BCUT2D eigenvalue weighted by Crippen LogP contribution is -2.36. The first-order valence-corrected chi connectivity index (χ1v) is 9.08. The van der Waals surface area contributed by atoms with Crippen LogP contribution in [0.1, 0.15) is 26.7 Å². The van der Waals surface area contributed by atoms with Gasteiger partial charge in [-0.05, 0) is 38.8 Å². The van der Waals surface area contributed by atoms with Crippen LogP contribution >= 0.6 is 11.8 Å². The second-order valence-electron chi connectivity index (χ2n) is 5.77. The molecule has 1 aromatic heterocycles. The Bertz CT molecular complexity index is 680. The van der Waals surface area contributed by atoms with Gasteiger partial charge in [0.25, 0.3) is 0 Å². The third kappa shape index (κ3) is 3.70. The van der Waals surface area contributed by atoms with E-state index in [4.69, 9.17) is 4.74 Å². The molecule has 124 valence electrons. The normalized spacial score (nSPS) is 19.1. The summed E-state index contributed by atoms with van der Waals surface area (Å²) in [7, 11) is 0. The van der Waals surface area contributed by atoms with Crippen LogP contribution in [-0.4, -0.2) is 40.0 Å². The number of fused-ring (bicyclic) bond motifs is 1. The molecule has 0 bridgehead atoms. The molecule has 2 heterocycles. The van der Waals surface area contributed by atoms with E-state index in [1.165, 1.54) is 11.8 Å². The fourth-order valence-corrected chi connectivity index (χ4v) is 3.84. The molecule has 2 atom stereocenters. The Balaban J connectivity index is 1.64. The van der Waals surface area contributed by atoms with Gasteiger partial charge < -0.3 is 14.6 Å². The quantitative estimate of drug-likeness (QED) is 0.826. The van der Waals surface area contributed by atoms with E-state index in [0.29, 0.717) is 6.54 Å². The zero-order valence-corrected chi connectivity index (χ0v) is 14.4. The summed E-state index contributed by atoms with van der Waals surface area (Å²) < 4.78 is 7.70. The summed E-state index contributed by atoms with van der Waals surface area (Å²) in [6, 6.07) is 8.08. The van der Waals surface area contributed by atoms with Gasteiger partial charge in [0.15, 0.2) is 5.16 Å². The van der Waals surface area contributed by atoms with Crippen molar-refractivity contribution in [3.8, 4) is 0 Å². The average molecular weight is 333 g/mol. The van der Waals surface area contributed by atoms with Crippen molar-refractivity contribution < 1.29 is 9.53 Å². The first-order chi connectivity index (χ1) is 11.2. The number of hydrogen-bond donors (Lipinski definition) is 1. The summed E-state index contributed by atoms with van der Waals surface area (Å²) >= 11 is 1.51. The highest BCUT2D eigenvalue weighted by Gasteiger charge is 2.21. The molecular weight excluding hydrogens is 310 g/mol. The smallest absolute Gasteiger partial charge is 0.233 e. The van der Waals surface area contributed by atoms with Crippen LogP contribution in [0.15, 0.2) is 29.4 Å². The van der Waals surface area contributed by atoms with Gasteiger partial charge in [-0.15, -0.1) is 0 Å². The third-order valence-corrected chi connectivity index (χ3v) is 5.21. The van der Waals surface area contributed by atoms with E-state index in [1.54, 1.807) is 0 Å². The Kier molecular flexibility index (Phi) is 5.23. The topological polar surface area (TPSA) is 56.2 Å². The van der Waals surface area contributed by atoms with Crippen molar-refractivity contribution in [3.63, 3.8) is 0 Å². The zero-order chi connectivity index (χ0) is 16.2. The molecule has 1 aliphatic rings. The largest absolute Gasteiger partial charge is 0.376 e. The van der Waals surface area contributed by atoms with Gasteiger partial charge in [-0.2, -0.15) is 0 Å². The monoisotopic (exact) mass is 333 g/mol. The van der Waals surface area contributed by atoms with Crippen molar-refractivity contribution in [1.82, 2.24) is 14.9 Å². The SMILES string of the molecule is CCn1c(S[C@@H](C)C(=O)NC[C@H]2CCCO2)nc2ccccc21. The number of nitrogens with zero attached hydrogens (tertiary/aromatic N) is 2. The molecule has 1 aliphatic heterocycles. The maximum atomic E-state index is 12.3.